The van der Waals surface area contributed by atoms with Gasteiger partial charge in [-0.25, -0.2) is 14.4 Å². The molecule has 1 aromatic carbocycles. The second kappa shape index (κ2) is 7.38. The van der Waals surface area contributed by atoms with Crippen LogP contribution in [0.4, 0.5) is 16.0 Å². The van der Waals surface area contributed by atoms with Crippen LogP contribution < -0.4 is 15.4 Å². The maximum Gasteiger partial charge on any atom is 0.204 e. The zero-order valence-electron chi connectivity index (χ0n) is 15.6. The highest BCUT2D eigenvalue weighted by Gasteiger charge is 2.20. The van der Waals surface area contributed by atoms with Gasteiger partial charge in [-0.2, -0.15) is 0 Å². The summed E-state index contributed by atoms with van der Waals surface area (Å²) in [5.41, 5.74) is 2.86. The lowest BCUT2D eigenvalue weighted by Crippen LogP contribution is -2.21. The molecule has 0 saturated heterocycles. The van der Waals surface area contributed by atoms with Crippen molar-refractivity contribution >= 4 is 22.5 Å². The number of hydrogen-bond donors (Lipinski definition) is 3. The van der Waals surface area contributed by atoms with Crippen molar-refractivity contribution in [2.45, 2.75) is 6.42 Å². The maximum atomic E-state index is 13.6. The summed E-state index contributed by atoms with van der Waals surface area (Å²) in [4.78, 5) is 16.3. The summed E-state index contributed by atoms with van der Waals surface area (Å²) in [5.74, 6) is 1.73. The summed E-state index contributed by atoms with van der Waals surface area (Å²) in [7, 11) is 0. The molecule has 146 valence electrons. The summed E-state index contributed by atoms with van der Waals surface area (Å²) in [6.45, 7) is 1.85. The third-order valence-corrected chi connectivity index (χ3v) is 4.83. The first-order chi connectivity index (χ1) is 14.3. The highest BCUT2D eigenvalue weighted by Crippen LogP contribution is 2.34. The third kappa shape index (κ3) is 3.44. The van der Waals surface area contributed by atoms with Crippen molar-refractivity contribution in [2.75, 3.05) is 30.3 Å². The minimum atomic E-state index is -0.429. The third-order valence-electron chi connectivity index (χ3n) is 4.83. The van der Waals surface area contributed by atoms with Gasteiger partial charge < -0.3 is 20.4 Å². The number of pyridine rings is 1. The Labute approximate surface area is 166 Å². The number of anilines is 2. The van der Waals surface area contributed by atoms with E-state index in [1.165, 1.54) is 17.0 Å². The molecule has 3 aromatic heterocycles. The average Bonchev–Trinajstić information content (AvgIpc) is 3.17. The number of ether oxygens (including phenoxy) is 1. The van der Waals surface area contributed by atoms with Gasteiger partial charge in [-0.05, 0) is 24.1 Å². The second-order valence-corrected chi connectivity index (χ2v) is 6.78. The number of H-pyrrole nitrogens is 1. The van der Waals surface area contributed by atoms with Gasteiger partial charge in [0.15, 0.2) is 17.5 Å². The van der Waals surface area contributed by atoms with Gasteiger partial charge in [-0.15, -0.1) is 0 Å². The Morgan fingerprint density at radius 1 is 1.17 bits per heavy atom. The Bertz CT molecular complexity index is 1180. The number of para-hydroxylation sites is 1. The van der Waals surface area contributed by atoms with Crippen LogP contribution in [0.1, 0.15) is 5.56 Å². The summed E-state index contributed by atoms with van der Waals surface area (Å²) in [6, 6.07) is 9.59. The lowest BCUT2D eigenvalue weighted by Gasteiger charge is -2.21. The second-order valence-electron chi connectivity index (χ2n) is 6.78. The van der Waals surface area contributed by atoms with Crippen LogP contribution in [0.25, 0.3) is 22.3 Å². The first-order valence-corrected chi connectivity index (χ1v) is 9.46. The molecule has 4 heterocycles. The van der Waals surface area contributed by atoms with Crippen molar-refractivity contribution in [3.8, 4) is 17.1 Å². The molecule has 0 spiro atoms. The smallest absolute Gasteiger partial charge is 0.204 e. The van der Waals surface area contributed by atoms with Crippen molar-refractivity contribution < 1.29 is 9.13 Å². The summed E-state index contributed by atoms with van der Waals surface area (Å²) in [5, 5.41) is 7.79. The molecule has 8 heteroatoms. The predicted molar refractivity (Wildman–Crippen MR) is 110 cm³/mol. The Morgan fingerprint density at radius 3 is 3.03 bits per heavy atom. The minimum absolute atomic E-state index is 0.392. The van der Waals surface area contributed by atoms with E-state index in [9.17, 15) is 4.39 Å². The number of rotatable bonds is 5. The summed E-state index contributed by atoms with van der Waals surface area (Å²) < 4.78 is 19.4. The van der Waals surface area contributed by atoms with Gasteiger partial charge in [0, 0.05) is 35.4 Å². The van der Waals surface area contributed by atoms with Gasteiger partial charge in [0.05, 0.1) is 12.7 Å². The number of aromatic amines is 1. The monoisotopic (exact) mass is 390 g/mol. The quantitative estimate of drug-likeness (QED) is 0.482. The fourth-order valence-electron chi connectivity index (χ4n) is 3.47. The largest absolute Gasteiger partial charge is 0.485 e. The Balaban J connectivity index is 1.42. The molecule has 0 unspecified atom stereocenters. The van der Waals surface area contributed by atoms with Crippen LogP contribution in [-0.4, -0.2) is 39.6 Å². The van der Waals surface area contributed by atoms with Gasteiger partial charge in [-0.1, -0.05) is 18.2 Å². The Kier molecular flexibility index (Phi) is 4.44. The molecule has 0 saturated carbocycles. The van der Waals surface area contributed by atoms with E-state index in [1.54, 1.807) is 6.20 Å². The number of nitrogens with zero attached hydrogens (tertiary/aromatic N) is 3. The zero-order valence-corrected chi connectivity index (χ0v) is 15.6. The maximum absolute atomic E-state index is 13.6. The van der Waals surface area contributed by atoms with Gasteiger partial charge in [-0.3, -0.25) is 4.98 Å². The van der Waals surface area contributed by atoms with Crippen LogP contribution in [-0.2, 0) is 6.42 Å². The topological polar surface area (TPSA) is 87.8 Å². The molecule has 1 aliphatic rings. The summed E-state index contributed by atoms with van der Waals surface area (Å²) >= 11 is 0. The molecule has 0 fully saturated rings. The van der Waals surface area contributed by atoms with E-state index in [1.807, 2.05) is 18.3 Å². The fraction of sp³-hybridized carbons (Fsp3) is 0.190. The molecule has 0 radical (unpaired) electrons. The predicted octanol–water partition coefficient (Wildman–Crippen LogP) is 3.62. The fourth-order valence-corrected chi connectivity index (χ4v) is 3.47. The first kappa shape index (κ1) is 17.4. The van der Waals surface area contributed by atoms with E-state index in [2.05, 4.69) is 42.7 Å². The van der Waals surface area contributed by atoms with Gasteiger partial charge in [0.25, 0.3) is 0 Å². The van der Waals surface area contributed by atoms with Crippen LogP contribution >= 0.6 is 0 Å². The highest BCUT2D eigenvalue weighted by atomic mass is 19.1. The molecular weight excluding hydrogens is 371 g/mol. The molecule has 7 nitrogen and oxygen atoms in total. The molecule has 29 heavy (non-hydrogen) atoms. The Hall–Kier alpha value is -3.68. The van der Waals surface area contributed by atoms with Crippen molar-refractivity contribution in [3.63, 3.8) is 0 Å². The molecular formula is C21H19FN6O. The van der Waals surface area contributed by atoms with Crippen molar-refractivity contribution in [3.05, 3.63) is 60.3 Å². The van der Waals surface area contributed by atoms with Crippen LogP contribution in [0.15, 0.2) is 48.9 Å². The molecule has 0 amide bonds. The molecule has 4 aromatic rings. The lowest BCUT2D eigenvalue weighted by atomic mass is 10.1. The first-order valence-electron chi connectivity index (χ1n) is 9.46. The number of hydrogen-bond acceptors (Lipinski definition) is 6. The van der Waals surface area contributed by atoms with Crippen molar-refractivity contribution in [2.24, 2.45) is 0 Å². The Morgan fingerprint density at radius 2 is 2.10 bits per heavy atom. The lowest BCUT2D eigenvalue weighted by molar-refractivity contribution is 0.321. The molecule has 1 aliphatic heterocycles. The van der Waals surface area contributed by atoms with Crippen LogP contribution in [0, 0.1) is 5.82 Å². The van der Waals surface area contributed by atoms with E-state index in [-0.39, 0.29) is 0 Å². The number of halogens is 1. The summed E-state index contributed by atoms with van der Waals surface area (Å²) in [6.07, 6.45) is 5.55. The van der Waals surface area contributed by atoms with E-state index in [0.29, 0.717) is 48.5 Å². The van der Waals surface area contributed by atoms with Gasteiger partial charge >= 0.3 is 0 Å². The molecule has 0 bridgehead atoms. The average molecular weight is 390 g/mol. The van der Waals surface area contributed by atoms with E-state index < -0.39 is 5.82 Å². The van der Waals surface area contributed by atoms with Gasteiger partial charge in [0.2, 0.25) is 5.75 Å². The SMILES string of the molecule is Fc1cncc(-c2nc3c(c(NCCc4c[nH]c5ccccc45)n2)OCCN3)c1. The van der Waals surface area contributed by atoms with Crippen molar-refractivity contribution in [1.29, 1.82) is 0 Å². The van der Waals surface area contributed by atoms with Crippen LogP contribution in [0.3, 0.4) is 0 Å². The van der Waals surface area contributed by atoms with Crippen LogP contribution in [0.5, 0.6) is 5.75 Å². The number of nitrogens with one attached hydrogen (secondary N) is 3. The molecule has 5 rings (SSSR count). The standard InChI is InChI=1S/C21H19FN6O/c22-15-9-14(10-23-12-15)19-27-20(18-21(28-19)25-7-8-29-18)24-6-5-13-11-26-17-4-2-1-3-16(13)17/h1-4,9-12,26H,5-8H2,(H2,24,25,27,28). The number of aromatic nitrogens is 4. The number of benzene rings is 1. The van der Waals surface area contributed by atoms with Gasteiger partial charge in [0.1, 0.15) is 12.4 Å². The highest BCUT2D eigenvalue weighted by molar-refractivity contribution is 5.83. The molecule has 0 aliphatic carbocycles. The van der Waals surface area contributed by atoms with E-state index >= 15 is 0 Å². The van der Waals surface area contributed by atoms with Crippen molar-refractivity contribution in [1.82, 2.24) is 19.9 Å². The zero-order chi connectivity index (χ0) is 19.6. The normalized spacial score (nSPS) is 12.9. The van der Waals surface area contributed by atoms with Crippen LogP contribution in [0.2, 0.25) is 0 Å². The molecule has 3 N–H and O–H groups in total. The molecule has 0 atom stereocenters. The van der Waals surface area contributed by atoms with E-state index in [4.69, 9.17) is 4.74 Å². The number of fused-ring (bicyclic) bond motifs is 2. The van der Waals surface area contributed by atoms with E-state index in [0.717, 1.165) is 18.1 Å². The minimum Gasteiger partial charge on any atom is -0.485 e.